The summed E-state index contributed by atoms with van der Waals surface area (Å²) in [4.78, 5) is 9.91. The summed E-state index contributed by atoms with van der Waals surface area (Å²) < 4.78 is 0. The molecule has 0 unspecified atom stereocenters. The number of aryl methyl sites for hydroxylation is 1. The van der Waals surface area contributed by atoms with Gasteiger partial charge in [-0.25, -0.2) is 0 Å². The van der Waals surface area contributed by atoms with Crippen LogP contribution in [0.25, 0.3) is 10.4 Å². The van der Waals surface area contributed by atoms with E-state index >= 15 is 0 Å². The van der Waals surface area contributed by atoms with Crippen LogP contribution in [-0.4, -0.2) is 9.97 Å². The van der Waals surface area contributed by atoms with Crippen LogP contribution >= 0.6 is 11.3 Å². The number of thiazole rings is 1. The van der Waals surface area contributed by atoms with E-state index in [9.17, 15) is 0 Å². The number of aromatic nitrogens is 2. The van der Waals surface area contributed by atoms with Crippen molar-refractivity contribution in [2.75, 3.05) is 0 Å². The molecule has 76 valence electrons. The lowest BCUT2D eigenvalue weighted by molar-refractivity contribution is 0.898. The predicted molar refractivity (Wildman–Crippen MR) is 62.1 cm³/mol. The molecule has 0 fully saturated rings. The zero-order valence-electron chi connectivity index (χ0n) is 8.66. The van der Waals surface area contributed by atoms with Crippen molar-refractivity contribution in [1.29, 1.82) is 0 Å². The highest BCUT2D eigenvalue weighted by atomic mass is 32.1. The van der Waals surface area contributed by atoms with Crippen LogP contribution in [0.4, 0.5) is 0 Å². The van der Waals surface area contributed by atoms with Crippen LogP contribution in [0.5, 0.6) is 0 Å². The molecule has 2 heterocycles. The molecular formula is C12H12N2S. The molecule has 0 spiro atoms. The summed E-state index contributed by atoms with van der Waals surface area (Å²) in [5, 5.41) is 0. The van der Waals surface area contributed by atoms with E-state index in [4.69, 9.17) is 0 Å². The van der Waals surface area contributed by atoms with Gasteiger partial charge in [0.25, 0.3) is 0 Å². The third-order valence-corrected chi connectivity index (χ3v) is 3.90. The average Bonchev–Trinajstić information content (AvgIpc) is 2.87. The van der Waals surface area contributed by atoms with Gasteiger partial charge in [0.1, 0.15) is 0 Å². The first-order chi connectivity index (χ1) is 7.36. The number of hydrogen-bond acceptors (Lipinski definition) is 3. The van der Waals surface area contributed by atoms with Gasteiger partial charge in [0, 0.05) is 23.7 Å². The molecule has 0 aliphatic heterocycles. The Labute approximate surface area is 93.0 Å². The Morgan fingerprint density at radius 3 is 3.00 bits per heavy atom. The van der Waals surface area contributed by atoms with Gasteiger partial charge >= 0.3 is 0 Å². The minimum absolute atomic E-state index is 1.15. The lowest BCUT2D eigenvalue weighted by Gasteiger charge is -2.07. The quantitative estimate of drug-likeness (QED) is 0.732. The number of hydrogen-bond donors (Lipinski definition) is 0. The minimum atomic E-state index is 1.15. The Hall–Kier alpha value is -1.22. The molecular weight excluding hydrogens is 204 g/mol. The highest BCUT2D eigenvalue weighted by Crippen LogP contribution is 2.32. The van der Waals surface area contributed by atoms with Crippen LogP contribution in [-0.2, 0) is 12.8 Å². The molecule has 0 saturated carbocycles. The first-order valence-corrected chi connectivity index (χ1v) is 6.10. The maximum atomic E-state index is 4.55. The monoisotopic (exact) mass is 216 g/mol. The van der Waals surface area contributed by atoms with Crippen LogP contribution in [0, 0.1) is 6.92 Å². The molecule has 0 aromatic carbocycles. The van der Waals surface area contributed by atoms with Gasteiger partial charge in [-0.3, -0.25) is 9.97 Å². The van der Waals surface area contributed by atoms with Gasteiger partial charge in [-0.05, 0) is 37.3 Å². The fourth-order valence-corrected chi connectivity index (χ4v) is 2.96. The second kappa shape index (κ2) is 3.42. The van der Waals surface area contributed by atoms with Crippen molar-refractivity contribution in [2.45, 2.75) is 26.2 Å². The molecule has 0 N–H and O–H groups in total. The molecule has 2 nitrogen and oxygen atoms in total. The molecule has 0 amide bonds. The second-order valence-electron chi connectivity index (χ2n) is 3.94. The summed E-state index contributed by atoms with van der Waals surface area (Å²) in [6.45, 7) is 2.21. The van der Waals surface area contributed by atoms with E-state index in [1.165, 1.54) is 40.1 Å². The first-order valence-electron chi connectivity index (χ1n) is 5.22. The van der Waals surface area contributed by atoms with Crippen LogP contribution in [0.3, 0.4) is 0 Å². The molecule has 3 heteroatoms. The predicted octanol–water partition coefficient (Wildman–Crippen LogP) is 3.00. The molecule has 2 aromatic rings. The van der Waals surface area contributed by atoms with Crippen LogP contribution in [0.15, 0.2) is 17.9 Å². The summed E-state index contributed by atoms with van der Waals surface area (Å²) in [7, 11) is 0. The van der Waals surface area contributed by atoms with Crippen molar-refractivity contribution in [2.24, 2.45) is 0 Å². The maximum Gasteiger partial charge on any atom is 0.0797 e. The smallest absolute Gasteiger partial charge is 0.0797 e. The largest absolute Gasteiger partial charge is 0.260 e. The zero-order valence-corrected chi connectivity index (χ0v) is 9.47. The number of rotatable bonds is 1. The molecule has 0 bridgehead atoms. The molecule has 0 atom stereocenters. The van der Waals surface area contributed by atoms with E-state index in [0.717, 1.165) is 6.42 Å². The highest BCUT2D eigenvalue weighted by Gasteiger charge is 2.17. The van der Waals surface area contributed by atoms with E-state index < -0.39 is 0 Å². The third kappa shape index (κ3) is 1.38. The molecule has 1 aliphatic rings. The van der Waals surface area contributed by atoms with E-state index in [-0.39, 0.29) is 0 Å². The number of fused-ring (bicyclic) bond motifs is 1. The van der Waals surface area contributed by atoms with Gasteiger partial charge < -0.3 is 0 Å². The summed E-state index contributed by atoms with van der Waals surface area (Å²) in [5.74, 6) is 0. The van der Waals surface area contributed by atoms with Crippen LogP contribution < -0.4 is 0 Å². The third-order valence-electron chi connectivity index (χ3n) is 3.09. The minimum Gasteiger partial charge on any atom is -0.260 e. The first kappa shape index (κ1) is 9.04. The molecule has 3 rings (SSSR count). The Balaban J connectivity index is 2.18. The van der Waals surface area contributed by atoms with Crippen molar-refractivity contribution in [1.82, 2.24) is 9.97 Å². The van der Waals surface area contributed by atoms with Crippen molar-refractivity contribution >= 4 is 11.3 Å². The van der Waals surface area contributed by atoms with E-state index in [1.54, 1.807) is 11.3 Å². The topological polar surface area (TPSA) is 25.8 Å². The molecule has 15 heavy (non-hydrogen) atoms. The lowest BCUT2D eigenvalue weighted by Crippen LogP contribution is -1.94. The summed E-state index contributed by atoms with van der Waals surface area (Å²) in [6, 6.07) is 0. The Morgan fingerprint density at radius 1 is 1.27 bits per heavy atom. The highest BCUT2D eigenvalue weighted by molar-refractivity contribution is 7.13. The van der Waals surface area contributed by atoms with Crippen molar-refractivity contribution in [3.63, 3.8) is 0 Å². The Morgan fingerprint density at radius 2 is 2.20 bits per heavy atom. The molecule has 1 aliphatic carbocycles. The second-order valence-corrected chi connectivity index (χ2v) is 4.83. The van der Waals surface area contributed by atoms with Gasteiger partial charge in [-0.1, -0.05) is 0 Å². The van der Waals surface area contributed by atoms with E-state index in [0.29, 0.717) is 0 Å². The lowest BCUT2D eigenvalue weighted by atomic mass is 10.0. The number of nitrogens with zero attached hydrogens (tertiary/aromatic N) is 2. The average molecular weight is 216 g/mol. The zero-order chi connectivity index (χ0) is 10.3. The van der Waals surface area contributed by atoms with Crippen molar-refractivity contribution in [3.05, 3.63) is 34.7 Å². The van der Waals surface area contributed by atoms with Gasteiger partial charge in [-0.2, -0.15) is 0 Å². The summed E-state index contributed by atoms with van der Waals surface area (Å²) in [6.07, 6.45) is 7.54. The fourth-order valence-electron chi connectivity index (χ4n) is 2.27. The summed E-state index contributed by atoms with van der Waals surface area (Å²) >= 11 is 1.68. The van der Waals surface area contributed by atoms with Gasteiger partial charge in [0.2, 0.25) is 0 Å². The van der Waals surface area contributed by atoms with Crippen molar-refractivity contribution < 1.29 is 0 Å². The van der Waals surface area contributed by atoms with Gasteiger partial charge in [0.05, 0.1) is 10.4 Å². The SMILES string of the molecule is Cc1c(-c2cncs2)cnc2c1CCC2. The van der Waals surface area contributed by atoms with E-state index in [2.05, 4.69) is 16.9 Å². The fraction of sp³-hybridized carbons (Fsp3) is 0.333. The van der Waals surface area contributed by atoms with Gasteiger partial charge in [0.15, 0.2) is 0 Å². The standard InChI is InChI=1S/C12H12N2S/c1-8-9-3-2-4-11(9)14-5-10(8)12-6-13-7-15-12/h5-7H,2-4H2,1H3. The maximum absolute atomic E-state index is 4.55. The van der Waals surface area contributed by atoms with Gasteiger partial charge in [-0.15, -0.1) is 11.3 Å². The molecule has 0 saturated heterocycles. The van der Waals surface area contributed by atoms with Crippen molar-refractivity contribution in [3.8, 4) is 10.4 Å². The summed E-state index contributed by atoms with van der Waals surface area (Å²) in [5.41, 5.74) is 7.32. The normalized spacial score (nSPS) is 14.2. The number of pyridine rings is 1. The van der Waals surface area contributed by atoms with Crippen LogP contribution in [0.2, 0.25) is 0 Å². The van der Waals surface area contributed by atoms with E-state index in [1.807, 2.05) is 17.9 Å². The van der Waals surface area contributed by atoms with Crippen LogP contribution in [0.1, 0.15) is 23.2 Å². The Bertz CT molecular complexity index is 489. The molecule has 2 aromatic heterocycles. The molecule has 0 radical (unpaired) electrons. The Kier molecular flexibility index (Phi) is 2.06.